The van der Waals surface area contributed by atoms with E-state index in [2.05, 4.69) is 61.5 Å². The van der Waals surface area contributed by atoms with E-state index in [1.54, 1.807) is 0 Å². The van der Waals surface area contributed by atoms with Gasteiger partial charge in [-0.05, 0) is 49.8 Å². The number of benzene rings is 2. The normalized spacial score (nSPS) is 11.2. The SMILES string of the molecule is CN(C)CCCc1cccc2ccccc12. The Morgan fingerprint density at radius 3 is 2.50 bits per heavy atom. The molecule has 0 atom stereocenters. The Morgan fingerprint density at radius 1 is 0.938 bits per heavy atom. The average molecular weight is 213 g/mol. The van der Waals surface area contributed by atoms with Gasteiger partial charge in [0.1, 0.15) is 0 Å². The van der Waals surface area contributed by atoms with Crippen LogP contribution in [0.1, 0.15) is 12.0 Å². The molecule has 0 saturated carbocycles. The summed E-state index contributed by atoms with van der Waals surface area (Å²) in [5.74, 6) is 0. The molecule has 0 unspecified atom stereocenters. The summed E-state index contributed by atoms with van der Waals surface area (Å²) in [4.78, 5) is 2.24. The minimum Gasteiger partial charge on any atom is -0.309 e. The number of nitrogens with zero attached hydrogens (tertiary/aromatic N) is 1. The van der Waals surface area contributed by atoms with Gasteiger partial charge in [0.25, 0.3) is 0 Å². The van der Waals surface area contributed by atoms with E-state index in [-0.39, 0.29) is 0 Å². The first kappa shape index (κ1) is 11.2. The van der Waals surface area contributed by atoms with E-state index < -0.39 is 0 Å². The number of hydrogen-bond acceptors (Lipinski definition) is 1. The zero-order valence-corrected chi connectivity index (χ0v) is 10.1. The summed E-state index contributed by atoms with van der Waals surface area (Å²) >= 11 is 0. The number of hydrogen-bond donors (Lipinski definition) is 0. The van der Waals surface area contributed by atoms with Crippen molar-refractivity contribution in [3.8, 4) is 0 Å². The molecule has 1 nitrogen and oxygen atoms in total. The Kier molecular flexibility index (Phi) is 3.58. The molecule has 2 aromatic carbocycles. The minimum absolute atomic E-state index is 1.16. The predicted molar refractivity (Wildman–Crippen MR) is 70.8 cm³/mol. The van der Waals surface area contributed by atoms with Crippen LogP contribution in [-0.4, -0.2) is 25.5 Å². The monoisotopic (exact) mass is 213 g/mol. The van der Waals surface area contributed by atoms with Crippen LogP contribution in [0.5, 0.6) is 0 Å². The van der Waals surface area contributed by atoms with Gasteiger partial charge in [-0.1, -0.05) is 42.5 Å². The molecule has 0 spiro atoms. The minimum atomic E-state index is 1.16. The Morgan fingerprint density at radius 2 is 1.69 bits per heavy atom. The molecular formula is C15H19N. The second-order valence-corrected chi connectivity index (χ2v) is 4.55. The lowest BCUT2D eigenvalue weighted by molar-refractivity contribution is 0.400. The van der Waals surface area contributed by atoms with Crippen molar-refractivity contribution < 1.29 is 0 Å². The van der Waals surface area contributed by atoms with Crippen molar-refractivity contribution in [3.05, 3.63) is 48.0 Å². The highest BCUT2D eigenvalue weighted by Crippen LogP contribution is 2.19. The second-order valence-electron chi connectivity index (χ2n) is 4.55. The van der Waals surface area contributed by atoms with Crippen LogP contribution in [0.2, 0.25) is 0 Å². The van der Waals surface area contributed by atoms with Gasteiger partial charge in [0, 0.05) is 0 Å². The molecule has 0 aliphatic carbocycles. The number of fused-ring (bicyclic) bond motifs is 1. The van der Waals surface area contributed by atoms with Crippen LogP contribution >= 0.6 is 0 Å². The Bertz CT molecular complexity index is 454. The lowest BCUT2D eigenvalue weighted by Crippen LogP contribution is -2.13. The third-order valence-electron chi connectivity index (χ3n) is 2.93. The van der Waals surface area contributed by atoms with Gasteiger partial charge >= 0.3 is 0 Å². The Labute approximate surface area is 97.7 Å². The molecule has 0 amide bonds. The van der Waals surface area contributed by atoms with Crippen molar-refractivity contribution >= 4 is 10.8 Å². The molecule has 0 heterocycles. The molecule has 2 aromatic rings. The molecule has 1 heteroatoms. The van der Waals surface area contributed by atoms with Crippen LogP contribution in [0.3, 0.4) is 0 Å². The number of rotatable bonds is 4. The molecule has 84 valence electrons. The molecule has 0 N–H and O–H groups in total. The molecule has 2 rings (SSSR count). The predicted octanol–water partition coefficient (Wildman–Crippen LogP) is 3.33. The fourth-order valence-electron chi connectivity index (χ4n) is 2.10. The molecule has 0 saturated heterocycles. The van der Waals surface area contributed by atoms with E-state index in [1.807, 2.05) is 0 Å². The van der Waals surface area contributed by atoms with E-state index in [9.17, 15) is 0 Å². The maximum absolute atomic E-state index is 2.25. The lowest BCUT2D eigenvalue weighted by atomic mass is 10.0. The maximum atomic E-state index is 2.25. The topological polar surface area (TPSA) is 3.24 Å². The van der Waals surface area contributed by atoms with Crippen LogP contribution in [0.4, 0.5) is 0 Å². The Balaban J connectivity index is 2.17. The van der Waals surface area contributed by atoms with E-state index in [0.29, 0.717) is 0 Å². The largest absolute Gasteiger partial charge is 0.309 e. The molecule has 0 radical (unpaired) electrons. The van der Waals surface area contributed by atoms with E-state index >= 15 is 0 Å². The molecule has 0 aliphatic rings. The zero-order valence-electron chi connectivity index (χ0n) is 10.1. The summed E-state index contributed by atoms with van der Waals surface area (Å²) < 4.78 is 0. The van der Waals surface area contributed by atoms with E-state index in [4.69, 9.17) is 0 Å². The highest BCUT2D eigenvalue weighted by atomic mass is 15.0. The van der Waals surface area contributed by atoms with Gasteiger partial charge in [-0.25, -0.2) is 0 Å². The maximum Gasteiger partial charge on any atom is -0.00217 e. The van der Waals surface area contributed by atoms with Gasteiger partial charge in [-0.3, -0.25) is 0 Å². The molecule has 0 aromatic heterocycles. The second kappa shape index (κ2) is 5.13. The summed E-state index contributed by atoms with van der Waals surface area (Å²) in [5, 5.41) is 2.76. The first-order valence-electron chi connectivity index (χ1n) is 5.89. The van der Waals surface area contributed by atoms with E-state index in [0.717, 1.165) is 6.54 Å². The summed E-state index contributed by atoms with van der Waals surface area (Å²) in [6.07, 6.45) is 2.39. The first-order chi connectivity index (χ1) is 7.77. The van der Waals surface area contributed by atoms with Crippen LogP contribution in [0, 0.1) is 0 Å². The summed E-state index contributed by atoms with van der Waals surface area (Å²) in [5.41, 5.74) is 1.47. The molecule has 0 fully saturated rings. The first-order valence-corrected chi connectivity index (χ1v) is 5.89. The fourth-order valence-corrected chi connectivity index (χ4v) is 2.10. The quantitative estimate of drug-likeness (QED) is 0.753. The summed E-state index contributed by atoms with van der Waals surface area (Å²) in [6, 6.07) is 15.2. The summed E-state index contributed by atoms with van der Waals surface area (Å²) in [6.45, 7) is 1.16. The van der Waals surface area contributed by atoms with Crippen LogP contribution < -0.4 is 0 Å². The highest BCUT2D eigenvalue weighted by Gasteiger charge is 2.00. The van der Waals surface area contributed by atoms with Crippen LogP contribution in [0.15, 0.2) is 42.5 Å². The fraction of sp³-hybridized carbons (Fsp3) is 0.333. The van der Waals surface area contributed by atoms with Gasteiger partial charge in [0.05, 0.1) is 0 Å². The molecule has 16 heavy (non-hydrogen) atoms. The van der Waals surface area contributed by atoms with Gasteiger partial charge in [-0.15, -0.1) is 0 Å². The van der Waals surface area contributed by atoms with Gasteiger partial charge in [0.2, 0.25) is 0 Å². The molecule has 0 bridgehead atoms. The third kappa shape index (κ3) is 2.61. The summed E-state index contributed by atoms with van der Waals surface area (Å²) in [7, 11) is 4.26. The zero-order chi connectivity index (χ0) is 11.4. The van der Waals surface area contributed by atoms with Crippen molar-refractivity contribution in [2.75, 3.05) is 20.6 Å². The van der Waals surface area contributed by atoms with Crippen molar-refractivity contribution in [3.63, 3.8) is 0 Å². The van der Waals surface area contributed by atoms with Crippen molar-refractivity contribution in [2.45, 2.75) is 12.8 Å². The average Bonchev–Trinajstić information content (AvgIpc) is 2.29. The smallest absolute Gasteiger partial charge is 0.00217 e. The Hall–Kier alpha value is -1.34. The number of aryl methyl sites for hydroxylation is 1. The van der Waals surface area contributed by atoms with Crippen LogP contribution in [-0.2, 0) is 6.42 Å². The third-order valence-corrected chi connectivity index (χ3v) is 2.93. The lowest BCUT2D eigenvalue weighted by Gasteiger charge is -2.10. The van der Waals surface area contributed by atoms with Gasteiger partial charge in [-0.2, -0.15) is 0 Å². The van der Waals surface area contributed by atoms with Gasteiger partial charge in [0.15, 0.2) is 0 Å². The van der Waals surface area contributed by atoms with Gasteiger partial charge < -0.3 is 4.90 Å². The highest BCUT2D eigenvalue weighted by molar-refractivity contribution is 5.85. The molecular weight excluding hydrogens is 194 g/mol. The van der Waals surface area contributed by atoms with Crippen molar-refractivity contribution in [1.29, 1.82) is 0 Å². The van der Waals surface area contributed by atoms with Crippen molar-refractivity contribution in [2.24, 2.45) is 0 Å². The van der Waals surface area contributed by atoms with E-state index in [1.165, 1.54) is 29.2 Å². The van der Waals surface area contributed by atoms with Crippen LogP contribution in [0.25, 0.3) is 10.8 Å². The van der Waals surface area contributed by atoms with Crippen molar-refractivity contribution in [1.82, 2.24) is 4.90 Å². The standard InChI is InChI=1S/C15H19N/c1-16(2)12-6-10-14-9-5-8-13-7-3-4-11-15(13)14/h3-5,7-9,11H,6,10,12H2,1-2H3. The molecule has 0 aliphatic heterocycles.